The van der Waals surface area contributed by atoms with E-state index in [0.29, 0.717) is 11.8 Å². The Labute approximate surface area is 168 Å². The molecule has 2 nitrogen and oxygen atoms in total. The normalized spacial score (nSPS) is 18.2. The van der Waals surface area contributed by atoms with Crippen molar-refractivity contribution in [2.45, 2.75) is 45.1 Å². The molecule has 0 saturated heterocycles. The number of aryl methyl sites for hydroxylation is 1. The summed E-state index contributed by atoms with van der Waals surface area (Å²) in [6.45, 7) is 11.6. The summed E-state index contributed by atoms with van der Waals surface area (Å²) in [5.74, 6) is 0.903. The van der Waals surface area contributed by atoms with Gasteiger partial charge in [-0.1, -0.05) is 50.3 Å². The molecule has 0 bridgehead atoms. The van der Waals surface area contributed by atoms with Gasteiger partial charge in [0.05, 0.1) is 16.9 Å². The Balaban J connectivity index is 2.00. The summed E-state index contributed by atoms with van der Waals surface area (Å²) in [4.78, 5) is 0. The largest absolute Gasteiger partial charge is 0.385 e. The average Bonchev–Trinajstić information content (AvgIpc) is 2.70. The van der Waals surface area contributed by atoms with E-state index in [4.69, 9.17) is 4.74 Å². The molecule has 0 saturated carbocycles. The van der Waals surface area contributed by atoms with Gasteiger partial charge in [0.2, 0.25) is 5.69 Å². The summed E-state index contributed by atoms with van der Waals surface area (Å²) >= 11 is 0. The van der Waals surface area contributed by atoms with E-state index in [1.165, 1.54) is 38.7 Å². The Bertz CT molecular complexity index is 1030. The number of pyridine rings is 1. The molecule has 144 valence electrons. The third-order valence-corrected chi connectivity index (χ3v) is 6.14. The number of ether oxygens (including phenoxy) is 1. The SMILES string of the molecule is C=CC1C(CCOC)c2ccc(C)cc2-c2c3ccc(C(C)C)cc3cc[n+]21. The molecule has 0 radical (unpaired) electrons. The van der Waals surface area contributed by atoms with Crippen LogP contribution in [-0.4, -0.2) is 13.7 Å². The van der Waals surface area contributed by atoms with E-state index in [-0.39, 0.29) is 6.04 Å². The Hall–Kier alpha value is -2.45. The van der Waals surface area contributed by atoms with Crippen molar-refractivity contribution in [3.8, 4) is 11.3 Å². The second-order valence-electron chi connectivity index (χ2n) is 8.28. The fraction of sp³-hybridized carbons (Fsp3) is 0.346. The van der Waals surface area contributed by atoms with E-state index in [0.717, 1.165) is 13.0 Å². The van der Waals surface area contributed by atoms with Gasteiger partial charge in [-0.05, 0) is 54.0 Å². The van der Waals surface area contributed by atoms with Gasteiger partial charge in [0.25, 0.3) is 0 Å². The third-order valence-electron chi connectivity index (χ3n) is 6.14. The molecule has 1 aliphatic rings. The lowest BCUT2D eigenvalue weighted by molar-refractivity contribution is -0.706. The van der Waals surface area contributed by atoms with E-state index >= 15 is 0 Å². The van der Waals surface area contributed by atoms with Crippen LogP contribution in [0.25, 0.3) is 22.0 Å². The van der Waals surface area contributed by atoms with Crippen LogP contribution < -0.4 is 4.57 Å². The summed E-state index contributed by atoms with van der Waals surface area (Å²) in [6, 6.07) is 16.3. The van der Waals surface area contributed by atoms with Gasteiger partial charge in [0.1, 0.15) is 0 Å². The molecule has 2 heterocycles. The first kappa shape index (κ1) is 18.9. The van der Waals surface area contributed by atoms with Crippen molar-refractivity contribution >= 4 is 10.8 Å². The predicted octanol–water partition coefficient (Wildman–Crippen LogP) is 6.09. The maximum Gasteiger partial charge on any atom is 0.221 e. The van der Waals surface area contributed by atoms with Gasteiger partial charge in [-0.2, -0.15) is 4.57 Å². The van der Waals surface area contributed by atoms with Crippen LogP contribution in [0.5, 0.6) is 0 Å². The highest BCUT2D eigenvalue weighted by molar-refractivity contribution is 5.94. The van der Waals surface area contributed by atoms with E-state index in [1.807, 2.05) is 0 Å². The highest BCUT2D eigenvalue weighted by Gasteiger charge is 2.39. The average molecular weight is 373 g/mol. The van der Waals surface area contributed by atoms with Gasteiger partial charge in [-0.15, -0.1) is 0 Å². The van der Waals surface area contributed by atoms with Crippen LogP contribution >= 0.6 is 0 Å². The van der Waals surface area contributed by atoms with Crippen molar-refractivity contribution in [3.63, 3.8) is 0 Å². The van der Waals surface area contributed by atoms with E-state index < -0.39 is 0 Å². The van der Waals surface area contributed by atoms with Crippen molar-refractivity contribution < 1.29 is 9.30 Å². The Kier molecular flexibility index (Phi) is 5.07. The lowest BCUT2D eigenvalue weighted by atomic mass is 9.79. The molecule has 1 aliphatic heterocycles. The minimum Gasteiger partial charge on any atom is -0.385 e. The zero-order valence-electron chi connectivity index (χ0n) is 17.4. The third kappa shape index (κ3) is 3.06. The summed E-state index contributed by atoms with van der Waals surface area (Å²) in [7, 11) is 1.78. The van der Waals surface area contributed by atoms with E-state index in [9.17, 15) is 0 Å². The molecule has 0 aliphatic carbocycles. The molecule has 3 aromatic rings. The zero-order valence-corrected chi connectivity index (χ0v) is 17.4. The quantitative estimate of drug-likeness (QED) is 0.390. The van der Waals surface area contributed by atoms with Crippen molar-refractivity contribution in [2.75, 3.05) is 13.7 Å². The summed E-state index contributed by atoms with van der Waals surface area (Å²) in [5, 5.41) is 2.62. The highest BCUT2D eigenvalue weighted by Crippen LogP contribution is 2.43. The van der Waals surface area contributed by atoms with Gasteiger partial charge >= 0.3 is 0 Å². The Morgan fingerprint density at radius 3 is 2.68 bits per heavy atom. The topological polar surface area (TPSA) is 13.1 Å². The fourth-order valence-electron chi connectivity index (χ4n) is 4.63. The first-order valence-electron chi connectivity index (χ1n) is 10.3. The van der Waals surface area contributed by atoms with Crippen molar-refractivity contribution in [1.82, 2.24) is 0 Å². The number of allylic oxidation sites excluding steroid dienone is 1. The second-order valence-corrected chi connectivity index (χ2v) is 8.28. The number of hydrogen-bond donors (Lipinski definition) is 0. The lowest BCUT2D eigenvalue weighted by Crippen LogP contribution is -2.46. The summed E-state index contributed by atoms with van der Waals surface area (Å²) in [5.41, 5.74) is 6.75. The molecule has 0 spiro atoms. The lowest BCUT2D eigenvalue weighted by Gasteiger charge is -2.30. The van der Waals surface area contributed by atoms with Crippen LogP contribution in [0.15, 0.2) is 61.3 Å². The maximum atomic E-state index is 5.43. The Morgan fingerprint density at radius 2 is 1.96 bits per heavy atom. The Morgan fingerprint density at radius 1 is 1.14 bits per heavy atom. The van der Waals surface area contributed by atoms with Crippen molar-refractivity contribution in [3.05, 3.63) is 78.0 Å². The number of rotatable bonds is 5. The monoisotopic (exact) mass is 372 g/mol. The molecule has 0 N–H and O–H groups in total. The molecule has 1 aromatic heterocycles. The van der Waals surface area contributed by atoms with E-state index in [2.05, 4.69) is 86.7 Å². The second kappa shape index (κ2) is 7.52. The molecule has 28 heavy (non-hydrogen) atoms. The molecule has 2 aromatic carbocycles. The van der Waals surface area contributed by atoms with Crippen LogP contribution in [0, 0.1) is 6.92 Å². The molecule has 2 unspecified atom stereocenters. The number of fused-ring (bicyclic) bond motifs is 5. The van der Waals surface area contributed by atoms with Crippen molar-refractivity contribution in [2.24, 2.45) is 0 Å². The fourth-order valence-corrected chi connectivity index (χ4v) is 4.63. The number of nitrogens with zero attached hydrogens (tertiary/aromatic N) is 1. The smallest absolute Gasteiger partial charge is 0.221 e. The van der Waals surface area contributed by atoms with Crippen LogP contribution in [0.3, 0.4) is 0 Å². The minimum atomic E-state index is 0.231. The number of aromatic nitrogens is 1. The van der Waals surface area contributed by atoms with Crippen LogP contribution in [-0.2, 0) is 4.74 Å². The summed E-state index contributed by atoms with van der Waals surface area (Å²) in [6.07, 6.45) is 5.33. The molecular weight excluding hydrogens is 342 g/mol. The highest BCUT2D eigenvalue weighted by atomic mass is 16.5. The summed E-state index contributed by atoms with van der Waals surface area (Å²) < 4.78 is 7.85. The van der Waals surface area contributed by atoms with Crippen LogP contribution in [0.4, 0.5) is 0 Å². The molecule has 4 rings (SSSR count). The van der Waals surface area contributed by atoms with Gasteiger partial charge in [-0.25, -0.2) is 0 Å². The van der Waals surface area contributed by atoms with E-state index in [1.54, 1.807) is 7.11 Å². The number of benzene rings is 2. The first-order chi connectivity index (χ1) is 13.5. The van der Waals surface area contributed by atoms with Crippen LogP contribution in [0.2, 0.25) is 0 Å². The number of hydrogen-bond acceptors (Lipinski definition) is 1. The van der Waals surface area contributed by atoms with Gasteiger partial charge in [0.15, 0.2) is 12.2 Å². The molecule has 2 atom stereocenters. The minimum absolute atomic E-state index is 0.231. The molecule has 0 fully saturated rings. The first-order valence-corrected chi connectivity index (χ1v) is 10.3. The van der Waals surface area contributed by atoms with Gasteiger partial charge < -0.3 is 4.74 Å². The zero-order chi connectivity index (χ0) is 19.8. The maximum absolute atomic E-state index is 5.43. The standard InChI is InChI=1S/C26H30NO/c1-6-25-23(12-14-28-5)22-9-7-18(4)15-24(22)26-21-10-8-19(17(2)3)16-20(21)11-13-27(25)26/h6-11,13,15-17,23,25H,1,12,14H2,2-5H3/q+1. The molecule has 0 amide bonds. The van der Waals surface area contributed by atoms with Gasteiger partial charge in [-0.3, -0.25) is 0 Å². The van der Waals surface area contributed by atoms with Crippen LogP contribution in [0.1, 0.15) is 54.8 Å². The van der Waals surface area contributed by atoms with Crippen molar-refractivity contribution in [1.29, 1.82) is 0 Å². The molecular formula is C26H30NO+. The molecule has 2 heteroatoms. The number of methoxy groups -OCH3 is 1. The predicted molar refractivity (Wildman–Crippen MR) is 117 cm³/mol. The van der Waals surface area contributed by atoms with Gasteiger partial charge in [0, 0.05) is 19.8 Å².